The van der Waals surface area contributed by atoms with Gasteiger partial charge in [0.05, 0.1) is 26.4 Å². The zero-order valence-electron chi connectivity index (χ0n) is 34.9. The van der Waals surface area contributed by atoms with Gasteiger partial charge in [-0.2, -0.15) is 0 Å². The maximum atomic E-state index is 12.4. The molecule has 0 saturated heterocycles. The molecule has 3 atom stereocenters. The molecule has 0 fully saturated rings. The lowest BCUT2D eigenvalue weighted by atomic mass is 10.1. The molecule has 0 aromatic rings. The van der Waals surface area contributed by atoms with Gasteiger partial charge in [-0.05, 0) is 70.6 Å². The van der Waals surface area contributed by atoms with Crippen LogP contribution in [-0.2, 0) is 32.7 Å². The summed E-state index contributed by atoms with van der Waals surface area (Å²) >= 11 is 0. The van der Waals surface area contributed by atoms with E-state index in [4.69, 9.17) is 18.5 Å². The summed E-state index contributed by atoms with van der Waals surface area (Å²) in [5.41, 5.74) is 0. The molecule has 0 rings (SSSR count). The van der Waals surface area contributed by atoms with Crippen LogP contribution in [0.4, 0.5) is 0 Å². The first-order valence-corrected chi connectivity index (χ1v) is 23.4. The Balaban J connectivity index is 3.95. The van der Waals surface area contributed by atoms with Crippen molar-refractivity contribution >= 4 is 19.8 Å². The summed E-state index contributed by atoms with van der Waals surface area (Å²) in [6, 6.07) is 0. The molecule has 0 bridgehead atoms. The number of hydrogen-bond acceptors (Lipinski definition) is 9. The molecule has 322 valence electrons. The van der Waals surface area contributed by atoms with Crippen molar-refractivity contribution in [1.29, 1.82) is 0 Å². The predicted octanol–water partition coefficient (Wildman–Crippen LogP) is 11.6. The van der Waals surface area contributed by atoms with Crippen molar-refractivity contribution in [2.45, 2.75) is 206 Å². The molecule has 3 N–H and O–H groups in total. The van der Waals surface area contributed by atoms with E-state index in [0.29, 0.717) is 12.8 Å². The van der Waals surface area contributed by atoms with E-state index in [0.717, 1.165) is 77.0 Å². The molecule has 0 aromatic carbocycles. The number of ether oxygens (including phenoxy) is 2. The van der Waals surface area contributed by atoms with Crippen molar-refractivity contribution in [3.05, 3.63) is 36.5 Å². The van der Waals surface area contributed by atoms with Crippen LogP contribution in [0.25, 0.3) is 0 Å². The summed E-state index contributed by atoms with van der Waals surface area (Å²) in [4.78, 5) is 34.5. The van der Waals surface area contributed by atoms with Crippen LogP contribution in [-0.4, -0.2) is 65.7 Å². The molecule has 0 aliphatic rings. The van der Waals surface area contributed by atoms with Crippen LogP contribution in [0.5, 0.6) is 0 Å². The Bertz CT molecular complexity index is 1010. The minimum Gasteiger partial charge on any atom is -0.457 e. The van der Waals surface area contributed by atoms with Crippen LogP contribution in [0.15, 0.2) is 36.5 Å². The smallest absolute Gasteiger partial charge is 0.457 e. The molecule has 0 aliphatic carbocycles. The monoisotopic (exact) mass is 801 g/mol. The lowest BCUT2D eigenvalue weighted by Crippen LogP contribution is -2.28. The number of aliphatic hydroxyl groups is 2. The number of rotatable bonds is 41. The van der Waals surface area contributed by atoms with Gasteiger partial charge < -0.3 is 24.6 Å². The van der Waals surface area contributed by atoms with Gasteiger partial charge in [0.2, 0.25) is 0 Å². The van der Waals surface area contributed by atoms with Crippen molar-refractivity contribution in [3.63, 3.8) is 0 Å². The Morgan fingerprint density at radius 1 is 0.491 bits per heavy atom. The predicted molar refractivity (Wildman–Crippen MR) is 224 cm³/mol. The maximum Gasteiger partial charge on any atom is 0.472 e. The first-order valence-electron chi connectivity index (χ1n) is 21.9. The van der Waals surface area contributed by atoms with Crippen molar-refractivity contribution in [3.8, 4) is 0 Å². The van der Waals surface area contributed by atoms with E-state index in [-0.39, 0.29) is 12.8 Å². The highest BCUT2D eigenvalue weighted by Crippen LogP contribution is 2.43. The number of carbonyl (C=O) groups is 2. The van der Waals surface area contributed by atoms with Crippen LogP contribution in [0.3, 0.4) is 0 Å². The molecule has 10 nitrogen and oxygen atoms in total. The van der Waals surface area contributed by atoms with E-state index in [9.17, 15) is 29.3 Å². The number of aliphatic hydroxyl groups excluding tert-OH is 2. The van der Waals surface area contributed by atoms with Gasteiger partial charge in [0.25, 0.3) is 0 Å². The zero-order valence-corrected chi connectivity index (χ0v) is 35.8. The van der Waals surface area contributed by atoms with Crippen LogP contribution >= 0.6 is 7.82 Å². The average molecular weight is 801 g/mol. The molecule has 0 spiro atoms. The Kier molecular flexibility index (Phi) is 39.1. The molecule has 0 radical (unpaired) electrons. The Morgan fingerprint density at radius 2 is 0.800 bits per heavy atom. The van der Waals surface area contributed by atoms with Crippen LogP contribution in [0, 0.1) is 0 Å². The fourth-order valence-electron chi connectivity index (χ4n) is 5.90. The van der Waals surface area contributed by atoms with E-state index < -0.39 is 58.4 Å². The molecule has 0 heterocycles. The molecule has 0 aromatic heterocycles. The van der Waals surface area contributed by atoms with E-state index in [1.165, 1.54) is 77.0 Å². The lowest BCUT2D eigenvalue weighted by Gasteiger charge is -2.20. The molecular weight excluding hydrogens is 719 g/mol. The molecule has 0 aliphatic heterocycles. The molecule has 55 heavy (non-hydrogen) atoms. The highest BCUT2D eigenvalue weighted by atomic mass is 31.2. The Hall–Kier alpha value is -1.81. The number of allylic oxidation sites excluding steroid dienone is 6. The number of unbranched alkanes of at least 4 members (excludes halogenated alkanes) is 21. The molecule has 3 unspecified atom stereocenters. The van der Waals surface area contributed by atoms with Crippen LogP contribution in [0.2, 0.25) is 0 Å². The third kappa shape index (κ3) is 38.8. The third-order valence-corrected chi connectivity index (χ3v) is 10.3. The second kappa shape index (κ2) is 40.4. The van der Waals surface area contributed by atoms with Gasteiger partial charge in [0.1, 0.15) is 12.2 Å². The number of phosphoric ester groups is 1. The summed E-state index contributed by atoms with van der Waals surface area (Å²) in [6.07, 6.45) is 41.1. The van der Waals surface area contributed by atoms with E-state index >= 15 is 0 Å². The maximum absolute atomic E-state index is 12.4. The van der Waals surface area contributed by atoms with Gasteiger partial charge in [-0.15, -0.1) is 0 Å². The van der Waals surface area contributed by atoms with Crippen molar-refractivity contribution < 1.29 is 47.8 Å². The van der Waals surface area contributed by atoms with Crippen LogP contribution in [0.1, 0.15) is 194 Å². The highest BCUT2D eigenvalue weighted by molar-refractivity contribution is 7.47. The second-order valence-electron chi connectivity index (χ2n) is 14.7. The van der Waals surface area contributed by atoms with Gasteiger partial charge in [0, 0.05) is 12.8 Å². The molecule has 0 amide bonds. The SMILES string of the molecule is CCCCCC/C=C\C/C=C\CCCCCCCC(=O)OC(CO)COP(=O)(O)OCC(CO)OC(=O)CCCCCCC/C=C\CCCCCCCCC. The number of phosphoric acid groups is 1. The van der Waals surface area contributed by atoms with Gasteiger partial charge in [-0.25, -0.2) is 4.57 Å². The van der Waals surface area contributed by atoms with E-state index in [2.05, 4.69) is 50.3 Å². The fourth-order valence-corrected chi connectivity index (χ4v) is 6.69. The van der Waals surface area contributed by atoms with Gasteiger partial charge in [-0.1, -0.05) is 147 Å². The average Bonchev–Trinajstić information content (AvgIpc) is 3.17. The van der Waals surface area contributed by atoms with E-state index in [1.54, 1.807) is 0 Å². The number of hydrogen-bond donors (Lipinski definition) is 3. The normalized spacial score (nSPS) is 14.2. The molecule has 11 heteroatoms. The zero-order chi connectivity index (χ0) is 40.5. The van der Waals surface area contributed by atoms with Crippen molar-refractivity contribution in [1.82, 2.24) is 0 Å². The quantitative estimate of drug-likeness (QED) is 0.0236. The van der Waals surface area contributed by atoms with Gasteiger partial charge in [0.15, 0.2) is 0 Å². The number of esters is 2. The fraction of sp³-hybridized carbons (Fsp3) is 0.818. The van der Waals surface area contributed by atoms with Crippen molar-refractivity contribution in [2.75, 3.05) is 26.4 Å². The van der Waals surface area contributed by atoms with Crippen molar-refractivity contribution in [2.24, 2.45) is 0 Å². The molecule has 0 saturated carbocycles. The summed E-state index contributed by atoms with van der Waals surface area (Å²) in [5, 5.41) is 19.2. The summed E-state index contributed by atoms with van der Waals surface area (Å²) < 4.78 is 32.6. The Morgan fingerprint density at radius 3 is 1.16 bits per heavy atom. The lowest BCUT2D eigenvalue weighted by molar-refractivity contribution is -0.153. The topological polar surface area (TPSA) is 149 Å². The third-order valence-electron chi connectivity index (χ3n) is 9.32. The van der Waals surface area contributed by atoms with E-state index in [1.807, 2.05) is 0 Å². The standard InChI is InChI=1S/C44H81O10P/c1-3-5-7-9-11-13-15-17-19-21-23-25-27-29-31-33-35-43(47)53-41(37-45)39-51-55(49,50)52-40-42(38-46)54-44(48)36-34-32-30-28-26-24-22-20-18-16-14-12-10-8-6-4-2/h13,15,19-22,41-42,45-46H,3-12,14,16-18,23-40H2,1-2H3,(H,49,50)/b15-13-,21-19-,22-20-. The minimum absolute atomic E-state index is 0.176. The van der Waals surface area contributed by atoms with Gasteiger partial charge >= 0.3 is 19.8 Å². The Labute approximate surface area is 335 Å². The minimum atomic E-state index is -4.64. The summed E-state index contributed by atoms with van der Waals surface area (Å²) in [5.74, 6) is -1.04. The summed E-state index contributed by atoms with van der Waals surface area (Å²) in [6.45, 7) is 2.17. The van der Waals surface area contributed by atoms with Crippen LogP contribution < -0.4 is 0 Å². The largest absolute Gasteiger partial charge is 0.472 e. The highest BCUT2D eigenvalue weighted by Gasteiger charge is 2.27. The summed E-state index contributed by atoms with van der Waals surface area (Å²) in [7, 11) is -4.64. The first-order chi connectivity index (χ1) is 26.8. The van der Waals surface area contributed by atoms with Gasteiger partial charge in [-0.3, -0.25) is 18.6 Å². The first kappa shape index (κ1) is 53.2. The number of carbonyl (C=O) groups excluding carboxylic acids is 2. The second-order valence-corrected chi connectivity index (χ2v) is 16.1. The molecular formula is C44H81O10P.